The quantitative estimate of drug-likeness (QED) is 0.838. The predicted molar refractivity (Wildman–Crippen MR) is 97.6 cm³/mol. The Hall–Kier alpha value is -2.76. The first kappa shape index (κ1) is 18.6. The van der Waals surface area contributed by atoms with Crippen molar-refractivity contribution in [3.8, 4) is 0 Å². The van der Waals surface area contributed by atoms with E-state index in [9.17, 15) is 9.59 Å². The highest BCUT2D eigenvalue weighted by molar-refractivity contribution is 5.96. The van der Waals surface area contributed by atoms with E-state index in [0.29, 0.717) is 24.3 Å². The average Bonchev–Trinajstić information content (AvgIpc) is 2.98. The van der Waals surface area contributed by atoms with Gasteiger partial charge in [-0.05, 0) is 58.0 Å². The van der Waals surface area contributed by atoms with Crippen molar-refractivity contribution in [3.63, 3.8) is 0 Å². The number of furan rings is 1. The summed E-state index contributed by atoms with van der Waals surface area (Å²) in [7, 11) is 0. The maximum atomic E-state index is 12.6. The molecule has 3 amide bonds. The third kappa shape index (κ3) is 5.11. The molecular formula is C19H25N3O3. The molecule has 0 saturated carbocycles. The number of urea groups is 1. The van der Waals surface area contributed by atoms with Crippen LogP contribution in [0.5, 0.6) is 0 Å². The minimum atomic E-state index is -0.239. The molecule has 2 rings (SSSR count). The van der Waals surface area contributed by atoms with Crippen molar-refractivity contribution >= 4 is 17.6 Å². The summed E-state index contributed by atoms with van der Waals surface area (Å²) < 4.78 is 5.57. The normalized spacial score (nSPS) is 10.6. The highest BCUT2D eigenvalue weighted by atomic mass is 16.3. The Balaban J connectivity index is 2.10. The lowest BCUT2D eigenvalue weighted by Gasteiger charge is -2.26. The lowest BCUT2D eigenvalue weighted by molar-refractivity contribution is 0.0955. The first-order valence-electron chi connectivity index (χ1n) is 8.42. The van der Waals surface area contributed by atoms with Crippen LogP contribution in [0, 0.1) is 6.92 Å². The molecule has 6 heteroatoms. The molecule has 2 N–H and O–H groups in total. The van der Waals surface area contributed by atoms with Crippen molar-refractivity contribution < 1.29 is 14.0 Å². The number of benzene rings is 1. The second kappa shape index (κ2) is 8.37. The molecule has 0 saturated heterocycles. The van der Waals surface area contributed by atoms with Gasteiger partial charge in [-0.15, -0.1) is 0 Å². The van der Waals surface area contributed by atoms with Gasteiger partial charge < -0.3 is 20.0 Å². The van der Waals surface area contributed by atoms with E-state index in [1.807, 2.05) is 39.8 Å². The molecule has 1 heterocycles. The van der Waals surface area contributed by atoms with Crippen LogP contribution in [0.2, 0.25) is 0 Å². The third-order valence-electron chi connectivity index (χ3n) is 3.72. The van der Waals surface area contributed by atoms with Crippen molar-refractivity contribution in [1.29, 1.82) is 0 Å². The molecular weight excluding hydrogens is 318 g/mol. The second-order valence-corrected chi connectivity index (χ2v) is 6.10. The zero-order chi connectivity index (χ0) is 18.4. The molecule has 25 heavy (non-hydrogen) atoms. The van der Waals surface area contributed by atoms with Crippen LogP contribution in [0.1, 0.15) is 42.6 Å². The van der Waals surface area contributed by atoms with E-state index in [1.165, 1.54) is 0 Å². The van der Waals surface area contributed by atoms with Gasteiger partial charge in [-0.3, -0.25) is 4.79 Å². The van der Waals surface area contributed by atoms with Crippen molar-refractivity contribution in [3.05, 3.63) is 53.5 Å². The fourth-order valence-corrected chi connectivity index (χ4v) is 2.42. The summed E-state index contributed by atoms with van der Waals surface area (Å²) in [5, 5.41) is 5.60. The SMILES string of the molecule is CCNC(=O)c1cccc(NC(=O)N(Cc2ccc(C)o2)C(C)C)c1. The highest BCUT2D eigenvalue weighted by Gasteiger charge is 2.19. The largest absolute Gasteiger partial charge is 0.464 e. The molecule has 0 unspecified atom stereocenters. The number of carbonyl (C=O) groups is 2. The molecule has 0 bridgehead atoms. The van der Waals surface area contributed by atoms with E-state index in [1.54, 1.807) is 29.2 Å². The monoisotopic (exact) mass is 343 g/mol. The lowest BCUT2D eigenvalue weighted by Crippen LogP contribution is -2.39. The Morgan fingerprint density at radius 3 is 2.56 bits per heavy atom. The van der Waals surface area contributed by atoms with Gasteiger partial charge in [-0.25, -0.2) is 4.79 Å². The van der Waals surface area contributed by atoms with E-state index in [-0.39, 0.29) is 18.0 Å². The molecule has 1 aromatic heterocycles. The van der Waals surface area contributed by atoms with Gasteiger partial charge in [0, 0.05) is 23.8 Å². The smallest absolute Gasteiger partial charge is 0.322 e. The maximum Gasteiger partial charge on any atom is 0.322 e. The summed E-state index contributed by atoms with van der Waals surface area (Å²) in [4.78, 5) is 26.2. The van der Waals surface area contributed by atoms with Crippen LogP contribution in [-0.4, -0.2) is 29.4 Å². The molecule has 0 radical (unpaired) electrons. The standard InChI is InChI=1S/C19H25N3O3/c1-5-20-18(23)15-7-6-8-16(11-15)21-19(24)22(13(2)3)12-17-10-9-14(4)25-17/h6-11,13H,5,12H2,1-4H3,(H,20,23)(H,21,24). The van der Waals surface area contributed by atoms with Gasteiger partial charge in [-0.2, -0.15) is 0 Å². The van der Waals surface area contributed by atoms with Crippen molar-refractivity contribution in [2.45, 2.75) is 40.3 Å². The summed E-state index contributed by atoms with van der Waals surface area (Å²) in [5.41, 5.74) is 1.09. The number of carbonyl (C=O) groups excluding carboxylic acids is 2. The van der Waals surface area contributed by atoms with Gasteiger partial charge in [0.2, 0.25) is 0 Å². The molecule has 6 nitrogen and oxygen atoms in total. The van der Waals surface area contributed by atoms with E-state index in [2.05, 4.69) is 10.6 Å². The van der Waals surface area contributed by atoms with Crippen LogP contribution in [0.3, 0.4) is 0 Å². The average molecular weight is 343 g/mol. The zero-order valence-electron chi connectivity index (χ0n) is 15.1. The van der Waals surface area contributed by atoms with E-state index in [0.717, 1.165) is 11.5 Å². The van der Waals surface area contributed by atoms with Gasteiger partial charge in [0.15, 0.2) is 0 Å². The number of nitrogens with zero attached hydrogens (tertiary/aromatic N) is 1. The zero-order valence-corrected chi connectivity index (χ0v) is 15.1. The van der Waals surface area contributed by atoms with Crippen LogP contribution in [-0.2, 0) is 6.54 Å². The van der Waals surface area contributed by atoms with Crippen molar-refractivity contribution in [2.24, 2.45) is 0 Å². The van der Waals surface area contributed by atoms with E-state index >= 15 is 0 Å². The van der Waals surface area contributed by atoms with Crippen LogP contribution in [0.4, 0.5) is 10.5 Å². The van der Waals surface area contributed by atoms with E-state index in [4.69, 9.17) is 4.42 Å². The molecule has 0 aliphatic carbocycles. The first-order chi connectivity index (χ1) is 11.9. The Morgan fingerprint density at radius 2 is 1.96 bits per heavy atom. The highest BCUT2D eigenvalue weighted by Crippen LogP contribution is 2.16. The van der Waals surface area contributed by atoms with Gasteiger partial charge in [0.25, 0.3) is 5.91 Å². The van der Waals surface area contributed by atoms with Crippen molar-refractivity contribution in [2.75, 3.05) is 11.9 Å². The van der Waals surface area contributed by atoms with Gasteiger partial charge >= 0.3 is 6.03 Å². The molecule has 0 atom stereocenters. The van der Waals surface area contributed by atoms with Crippen LogP contribution in [0.15, 0.2) is 40.8 Å². The molecule has 2 aromatic rings. The van der Waals surface area contributed by atoms with Gasteiger partial charge in [-0.1, -0.05) is 6.07 Å². The third-order valence-corrected chi connectivity index (χ3v) is 3.72. The maximum absolute atomic E-state index is 12.6. The number of rotatable bonds is 6. The summed E-state index contributed by atoms with van der Waals surface area (Å²) in [6.45, 7) is 8.56. The Kier molecular flexibility index (Phi) is 6.22. The molecule has 1 aromatic carbocycles. The molecule has 0 aliphatic heterocycles. The fraction of sp³-hybridized carbons (Fsp3) is 0.368. The molecule has 134 valence electrons. The first-order valence-corrected chi connectivity index (χ1v) is 8.42. The van der Waals surface area contributed by atoms with Crippen LogP contribution >= 0.6 is 0 Å². The summed E-state index contributed by atoms with van der Waals surface area (Å²) in [6, 6.07) is 10.4. The summed E-state index contributed by atoms with van der Waals surface area (Å²) in [6.07, 6.45) is 0. The Labute approximate surface area is 148 Å². The fourth-order valence-electron chi connectivity index (χ4n) is 2.42. The second-order valence-electron chi connectivity index (χ2n) is 6.10. The minimum Gasteiger partial charge on any atom is -0.464 e. The molecule has 0 fully saturated rings. The number of amides is 3. The Morgan fingerprint density at radius 1 is 1.20 bits per heavy atom. The lowest BCUT2D eigenvalue weighted by atomic mass is 10.2. The van der Waals surface area contributed by atoms with E-state index < -0.39 is 0 Å². The molecule has 0 aliphatic rings. The van der Waals surface area contributed by atoms with Gasteiger partial charge in [0.05, 0.1) is 6.54 Å². The summed E-state index contributed by atoms with van der Waals surface area (Å²) in [5.74, 6) is 1.39. The topological polar surface area (TPSA) is 74.6 Å². The van der Waals surface area contributed by atoms with Crippen molar-refractivity contribution in [1.82, 2.24) is 10.2 Å². The predicted octanol–water partition coefficient (Wildman–Crippen LogP) is 3.78. The number of hydrogen-bond acceptors (Lipinski definition) is 3. The number of aryl methyl sites for hydroxylation is 1. The molecule has 0 spiro atoms. The Bertz CT molecular complexity index is 737. The van der Waals surface area contributed by atoms with Crippen LogP contribution < -0.4 is 10.6 Å². The number of nitrogens with one attached hydrogen (secondary N) is 2. The minimum absolute atomic E-state index is 0.00280. The number of anilines is 1. The van der Waals surface area contributed by atoms with Crippen LogP contribution in [0.25, 0.3) is 0 Å². The number of hydrogen-bond donors (Lipinski definition) is 2. The van der Waals surface area contributed by atoms with Gasteiger partial charge in [0.1, 0.15) is 11.5 Å². The summed E-state index contributed by atoms with van der Waals surface area (Å²) >= 11 is 0.